The molecule has 1 aliphatic rings. The zero-order valence-corrected chi connectivity index (χ0v) is 25.5. The summed E-state index contributed by atoms with van der Waals surface area (Å²) in [6.07, 6.45) is -0.0359. The Morgan fingerprint density at radius 1 is 1.07 bits per heavy atom. The van der Waals surface area contributed by atoms with Crippen LogP contribution in [0.2, 0.25) is 0 Å². The normalized spacial score (nSPS) is 14.1. The predicted molar refractivity (Wildman–Crippen MR) is 161 cm³/mol. The minimum absolute atomic E-state index is 0.195. The number of thiazole rings is 1. The lowest BCUT2D eigenvalue weighted by atomic mass is 10.1. The number of hydrogen-bond acceptors (Lipinski definition) is 8. The molecule has 1 saturated heterocycles. The van der Waals surface area contributed by atoms with Crippen LogP contribution >= 0.6 is 11.3 Å². The fraction of sp³-hybridized carbons (Fsp3) is 0.452. The fourth-order valence-electron chi connectivity index (χ4n) is 4.50. The van der Waals surface area contributed by atoms with Gasteiger partial charge in [-0.25, -0.2) is 14.2 Å². The molecular formula is C31H39FN4O5S. The van der Waals surface area contributed by atoms with Crippen LogP contribution in [0.3, 0.4) is 0 Å². The Balaban J connectivity index is 1.59. The molecule has 11 heteroatoms. The van der Waals surface area contributed by atoms with Crippen LogP contribution in [0.15, 0.2) is 58.9 Å². The topological polar surface area (TPSA) is 85.6 Å². The molecule has 9 nitrogen and oxygen atoms in total. The maximum atomic E-state index is 13.5. The molecule has 0 spiro atoms. The van der Waals surface area contributed by atoms with Crippen LogP contribution in [0.4, 0.5) is 20.6 Å². The summed E-state index contributed by atoms with van der Waals surface area (Å²) >= 11 is 1.49. The molecule has 0 N–H and O–H groups in total. The van der Waals surface area contributed by atoms with Gasteiger partial charge in [-0.1, -0.05) is 12.1 Å². The Labute approximate surface area is 250 Å². The lowest BCUT2D eigenvalue weighted by Crippen LogP contribution is -2.41. The van der Waals surface area contributed by atoms with Crippen molar-refractivity contribution in [3.8, 4) is 11.3 Å². The molecule has 0 saturated carbocycles. The van der Waals surface area contributed by atoms with Crippen molar-refractivity contribution < 1.29 is 28.2 Å². The number of nitrogens with zero attached hydrogens (tertiary/aromatic N) is 4. The average Bonchev–Trinajstić information content (AvgIpc) is 3.35. The number of aromatic nitrogens is 1. The Hall–Kier alpha value is -3.70. The van der Waals surface area contributed by atoms with Crippen LogP contribution in [-0.4, -0.2) is 73.1 Å². The molecule has 0 radical (unpaired) electrons. The van der Waals surface area contributed by atoms with E-state index in [-0.39, 0.29) is 25.5 Å². The van der Waals surface area contributed by atoms with E-state index in [2.05, 4.69) is 39.1 Å². The second-order valence-corrected chi connectivity index (χ2v) is 11.7. The molecule has 2 aromatic carbocycles. The molecule has 2 heterocycles. The van der Waals surface area contributed by atoms with Crippen LogP contribution in [0.25, 0.3) is 11.3 Å². The largest absolute Gasteiger partial charge is 0.465 e. The van der Waals surface area contributed by atoms with Gasteiger partial charge in [0.2, 0.25) is 0 Å². The van der Waals surface area contributed by atoms with E-state index < -0.39 is 17.7 Å². The minimum Gasteiger partial charge on any atom is -0.465 e. The number of rotatable bonds is 10. The smallest absolute Gasteiger partial charge is 0.410 e. The fourth-order valence-corrected chi connectivity index (χ4v) is 5.45. The highest BCUT2D eigenvalue weighted by Crippen LogP contribution is 2.25. The number of ether oxygens (including phenoxy) is 3. The summed E-state index contributed by atoms with van der Waals surface area (Å²) in [6, 6.07) is 14.5. The van der Waals surface area contributed by atoms with Crippen LogP contribution < -0.4 is 9.70 Å². The lowest BCUT2D eigenvalue weighted by Gasteiger charge is -2.29. The molecular weight excluding hydrogens is 559 g/mol. The summed E-state index contributed by atoms with van der Waals surface area (Å²) in [7, 11) is 0. The average molecular weight is 599 g/mol. The van der Waals surface area contributed by atoms with Crippen LogP contribution in [-0.2, 0) is 25.5 Å². The SMILES string of the molecule is CCOC(=O)CN(CCCn1c(-c2ccc(N3CCOCC3)cc2)csc1=Nc1ccc(F)cc1)C(=O)OC(C)(C)C. The summed E-state index contributed by atoms with van der Waals surface area (Å²) in [5, 5.41) is 2.05. The predicted octanol–water partition coefficient (Wildman–Crippen LogP) is 5.62. The number of amides is 1. The molecule has 0 bridgehead atoms. The van der Waals surface area contributed by atoms with Gasteiger partial charge in [-0.15, -0.1) is 11.3 Å². The van der Waals surface area contributed by atoms with E-state index in [1.165, 1.54) is 28.4 Å². The first-order valence-electron chi connectivity index (χ1n) is 14.2. The van der Waals surface area contributed by atoms with Gasteiger partial charge < -0.3 is 23.7 Å². The number of esters is 1. The van der Waals surface area contributed by atoms with Gasteiger partial charge in [0.25, 0.3) is 0 Å². The van der Waals surface area contributed by atoms with Crippen molar-refractivity contribution in [1.29, 1.82) is 0 Å². The van der Waals surface area contributed by atoms with Crippen LogP contribution in [0.5, 0.6) is 0 Å². The summed E-state index contributed by atoms with van der Waals surface area (Å²) in [5.41, 5.74) is 3.09. The van der Waals surface area contributed by atoms with Crippen molar-refractivity contribution in [2.75, 3.05) is 50.9 Å². The third-order valence-corrected chi connectivity index (χ3v) is 7.34. The first-order chi connectivity index (χ1) is 20.1. The first kappa shape index (κ1) is 31.2. The quantitative estimate of drug-likeness (QED) is 0.282. The van der Waals surface area contributed by atoms with Crippen molar-refractivity contribution in [3.05, 3.63) is 64.5 Å². The van der Waals surface area contributed by atoms with E-state index in [4.69, 9.17) is 19.2 Å². The zero-order valence-electron chi connectivity index (χ0n) is 24.7. The van der Waals surface area contributed by atoms with E-state index in [1.54, 1.807) is 39.8 Å². The van der Waals surface area contributed by atoms with Crippen molar-refractivity contribution in [2.45, 2.75) is 46.3 Å². The standard InChI is InChI=1S/C31H39FN4O5S/c1-5-40-28(37)21-35(30(38)41-31(2,3)4)15-6-16-36-27(22-42-29(36)33-25-11-9-24(32)10-12-25)23-7-13-26(14-8-23)34-17-19-39-20-18-34/h7-14,22H,5-6,15-21H2,1-4H3. The second kappa shape index (κ2) is 14.5. The lowest BCUT2D eigenvalue weighted by molar-refractivity contribution is -0.144. The van der Waals surface area contributed by atoms with Gasteiger partial charge >= 0.3 is 12.1 Å². The summed E-state index contributed by atoms with van der Waals surface area (Å²) < 4.78 is 31.7. The third kappa shape index (κ3) is 8.90. The second-order valence-electron chi connectivity index (χ2n) is 10.9. The van der Waals surface area contributed by atoms with Crippen LogP contribution in [0, 0.1) is 5.82 Å². The number of morpholine rings is 1. The molecule has 1 aliphatic heterocycles. The molecule has 0 aliphatic carbocycles. The van der Waals surface area contributed by atoms with Crippen molar-refractivity contribution in [1.82, 2.24) is 9.47 Å². The third-order valence-electron chi connectivity index (χ3n) is 6.48. The summed E-state index contributed by atoms with van der Waals surface area (Å²) in [4.78, 5) is 34.4. The number of anilines is 1. The van der Waals surface area contributed by atoms with E-state index >= 15 is 0 Å². The van der Waals surface area contributed by atoms with E-state index in [0.717, 1.165) is 48.0 Å². The van der Waals surface area contributed by atoms with E-state index in [0.29, 0.717) is 18.7 Å². The molecule has 42 heavy (non-hydrogen) atoms. The number of carbonyl (C=O) groups excluding carboxylic acids is 2. The van der Waals surface area contributed by atoms with Crippen LogP contribution in [0.1, 0.15) is 34.1 Å². The maximum absolute atomic E-state index is 13.5. The summed E-state index contributed by atoms with van der Waals surface area (Å²) in [6.45, 7) is 11.1. The van der Waals surface area contributed by atoms with Gasteiger partial charge in [-0.05, 0) is 76.1 Å². The number of hydrogen-bond donors (Lipinski definition) is 0. The highest BCUT2D eigenvalue weighted by atomic mass is 32.1. The minimum atomic E-state index is -0.701. The number of benzene rings is 2. The Morgan fingerprint density at radius 2 is 1.76 bits per heavy atom. The molecule has 1 fully saturated rings. The van der Waals surface area contributed by atoms with Gasteiger partial charge in [0.05, 0.1) is 31.2 Å². The highest BCUT2D eigenvalue weighted by molar-refractivity contribution is 7.07. The molecule has 3 aromatic rings. The Bertz CT molecular complexity index is 1390. The molecule has 226 valence electrons. The van der Waals surface area contributed by atoms with Gasteiger partial charge in [0.15, 0.2) is 4.80 Å². The van der Waals surface area contributed by atoms with Gasteiger partial charge in [-0.2, -0.15) is 0 Å². The monoisotopic (exact) mass is 598 g/mol. The first-order valence-corrected chi connectivity index (χ1v) is 15.1. The van der Waals surface area contributed by atoms with Gasteiger partial charge in [-0.3, -0.25) is 9.69 Å². The zero-order chi connectivity index (χ0) is 30.1. The molecule has 0 atom stereocenters. The van der Waals surface area contributed by atoms with Gasteiger partial charge in [0.1, 0.15) is 18.0 Å². The molecule has 1 aromatic heterocycles. The van der Waals surface area contributed by atoms with Crippen molar-refractivity contribution >= 4 is 34.8 Å². The Morgan fingerprint density at radius 3 is 2.40 bits per heavy atom. The highest BCUT2D eigenvalue weighted by Gasteiger charge is 2.24. The van der Waals surface area contributed by atoms with E-state index in [1.807, 2.05) is 0 Å². The van der Waals surface area contributed by atoms with Crippen molar-refractivity contribution in [3.63, 3.8) is 0 Å². The molecule has 0 unspecified atom stereocenters. The molecule has 1 amide bonds. The maximum Gasteiger partial charge on any atom is 0.410 e. The van der Waals surface area contributed by atoms with E-state index in [9.17, 15) is 14.0 Å². The Kier molecular flexibility index (Phi) is 10.8. The summed E-state index contributed by atoms with van der Waals surface area (Å²) in [5.74, 6) is -0.808. The van der Waals surface area contributed by atoms with Gasteiger partial charge in [0, 0.05) is 37.2 Å². The van der Waals surface area contributed by atoms with Crippen molar-refractivity contribution in [2.24, 2.45) is 4.99 Å². The number of carbonyl (C=O) groups is 2. The molecule has 4 rings (SSSR count). The number of halogens is 1.